The summed E-state index contributed by atoms with van der Waals surface area (Å²) in [6.45, 7) is 8.50. The summed E-state index contributed by atoms with van der Waals surface area (Å²) in [6, 6.07) is 4.46. The lowest BCUT2D eigenvalue weighted by Gasteiger charge is -2.29. The summed E-state index contributed by atoms with van der Waals surface area (Å²) in [5.41, 5.74) is 0.324. The SMILES string of the molecule is Cc1nc2n(n1)CCN(C(=O)CCC(=O)Nc1cccc(F)c1)CCCC(=O)N(C)[C@@H](C)C(=O)N[C@@H]2CC(C)C. The van der Waals surface area contributed by atoms with Gasteiger partial charge in [0.25, 0.3) is 0 Å². The molecule has 12 heteroatoms. The summed E-state index contributed by atoms with van der Waals surface area (Å²) in [4.78, 5) is 59.2. The number of likely N-dealkylation sites (N-methyl/N-ethyl adjacent to an activating group) is 1. The molecule has 4 amide bonds. The Morgan fingerprint density at radius 1 is 1.18 bits per heavy atom. The van der Waals surface area contributed by atoms with E-state index in [1.807, 2.05) is 0 Å². The zero-order chi connectivity index (χ0) is 29.4. The molecule has 1 aliphatic heterocycles. The molecule has 2 heterocycles. The van der Waals surface area contributed by atoms with Gasteiger partial charge < -0.3 is 20.4 Å². The number of amides is 4. The van der Waals surface area contributed by atoms with Crippen molar-refractivity contribution in [3.8, 4) is 0 Å². The predicted octanol–water partition coefficient (Wildman–Crippen LogP) is 2.82. The van der Waals surface area contributed by atoms with Gasteiger partial charge in [-0.15, -0.1) is 0 Å². The number of hydrogen-bond acceptors (Lipinski definition) is 6. The second-order valence-electron chi connectivity index (χ2n) is 10.7. The van der Waals surface area contributed by atoms with Gasteiger partial charge in [0.2, 0.25) is 23.6 Å². The Hall–Kier alpha value is -3.83. The highest BCUT2D eigenvalue weighted by Gasteiger charge is 2.29. The number of nitrogens with zero attached hydrogens (tertiary/aromatic N) is 5. The van der Waals surface area contributed by atoms with Crippen molar-refractivity contribution in [2.45, 2.75) is 78.4 Å². The van der Waals surface area contributed by atoms with Crippen LogP contribution in [0.4, 0.5) is 10.1 Å². The van der Waals surface area contributed by atoms with Gasteiger partial charge in [-0.05, 0) is 50.8 Å². The molecular weight excluding hydrogens is 517 g/mol. The van der Waals surface area contributed by atoms with Crippen LogP contribution in [-0.4, -0.2) is 74.4 Å². The quantitative estimate of drug-likeness (QED) is 0.562. The second kappa shape index (κ2) is 14.0. The molecule has 1 aromatic heterocycles. The van der Waals surface area contributed by atoms with Crippen molar-refractivity contribution in [2.75, 3.05) is 25.5 Å². The molecule has 1 aromatic carbocycles. The molecule has 0 unspecified atom stereocenters. The highest BCUT2D eigenvalue weighted by molar-refractivity contribution is 5.93. The molecule has 2 N–H and O–H groups in total. The van der Waals surface area contributed by atoms with E-state index in [-0.39, 0.29) is 42.9 Å². The minimum Gasteiger partial charge on any atom is -0.344 e. The minimum atomic E-state index is -0.683. The molecule has 1 aliphatic rings. The van der Waals surface area contributed by atoms with Crippen LogP contribution in [0.5, 0.6) is 0 Å². The zero-order valence-corrected chi connectivity index (χ0v) is 23.9. The molecule has 11 nitrogen and oxygen atoms in total. The Labute approximate surface area is 234 Å². The first kappa shape index (κ1) is 30.7. The highest BCUT2D eigenvalue weighted by atomic mass is 19.1. The van der Waals surface area contributed by atoms with E-state index in [9.17, 15) is 23.6 Å². The van der Waals surface area contributed by atoms with E-state index in [2.05, 4.69) is 34.6 Å². The van der Waals surface area contributed by atoms with Crippen LogP contribution in [0.25, 0.3) is 0 Å². The van der Waals surface area contributed by atoms with Crippen molar-refractivity contribution in [3.05, 3.63) is 41.7 Å². The topological polar surface area (TPSA) is 130 Å². The smallest absolute Gasteiger partial charge is 0.243 e. The third kappa shape index (κ3) is 8.59. The van der Waals surface area contributed by atoms with Crippen molar-refractivity contribution >= 4 is 29.3 Å². The first-order valence-electron chi connectivity index (χ1n) is 13.7. The number of halogens is 1. The molecule has 0 spiro atoms. The van der Waals surface area contributed by atoms with Crippen molar-refractivity contribution in [2.24, 2.45) is 5.92 Å². The molecule has 0 fully saturated rings. The largest absolute Gasteiger partial charge is 0.344 e. The van der Waals surface area contributed by atoms with Gasteiger partial charge in [0, 0.05) is 45.1 Å². The van der Waals surface area contributed by atoms with E-state index in [0.717, 1.165) is 0 Å². The maximum Gasteiger partial charge on any atom is 0.243 e. The summed E-state index contributed by atoms with van der Waals surface area (Å²) in [5.74, 6) is -0.156. The van der Waals surface area contributed by atoms with Crippen molar-refractivity contribution < 1.29 is 23.6 Å². The maximum absolute atomic E-state index is 13.4. The summed E-state index contributed by atoms with van der Waals surface area (Å²) in [7, 11) is 1.60. The maximum atomic E-state index is 13.4. The van der Waals surface area contributed by atoms with Crippen LogP contribution in [0.1, 0.15) is 70.6 Å². The fourth-order valence-corrected chi connectivity index (χ4v) is 4.62. The van der Waals surface area contributed by atoms with Crippen LogP contribution in [-0.2, 0) is 25.7 Å². The van der Waals surface area contributed by atoms with Crippen LogP contribution in [0.3, 0.4) is 0 Å². The average molecular weight is 558 g/mol. The molecule has 0 radical (unpaired) electrons. The molecule has 40 heavy (non-hydrogen) atoms. The molecule has 2 atom stereocenters. The van der Waals surface area contributed by atoms with E-state index in [0.29, 0.717) is 49.8 Å². The Balaban J connectivity index is 1.78. The van der Waals surface area contributed by atoms with Gasteiger partial charge in [0.1, 0.15) is 23.5 Å². The fraction of sp³-hybridized carbons (Fsp3) is 0.571. The zero-order valence-electron chi connectivity index (χ0n) is 23.9. The van der Waals surface area contributed by atoms with Crippen LogP contribution in [0.15, 0.2) is 24.3 Å². The Morgan fingerprint density at radius 2 is 1.93 bits per heavy atom. The van der Waals surface area contributed by atoms with Crippen molar-refractivity contribution in [1.82, 2.24) is 29.9 Å². The second-order valence-corrected chi connectivity index (χ2v) is 10.7. The van der Waals surface area contributed by atoms with Gasteiger partial charge in [-0.3, -0.25) is 19.2 Å². The summed E-state index contributed by atoms with van der Waals surface area (Å²) >= 11 is 0. The van der Waals surface area contributed by atoms with Gasteiger partial charge in [0.05, 0.1) is 12.6 Å². The number of benzene rings is 1. The lowest BCUT2D eigenvalue weighted by atomic mass is 10.0. The Morgan fingerprint density at radius 3 is 2.62 bits per heavy atom. The Kier molecular flexibility index (Phi) is 10.7. The van der Waals surface area contributed by atoms with Crippen LogP contribution in [0.2, 0.25) is 0 Å². The van der Waals surface area contributed by atoms with Crippen LogP contribution < -0.4 is 10.6 Å². The number of hydrogen-bond donors (Lipinski definition) is 2. The highest BCUT2D eigenvalue weighted by Crippen LogP contribution is 2.21. The lowest BCUT2D eigenvalue weighted by Crippen LogP contribution is -2.47. The molecule has 3 rings (SSSR count). The summed E-state index contributed by atoms with van der Waals surface area (Å²) < 4.78 is 15.2. The summed E-state index contributed by atoms with van der Waals surface area (Å²) in [6.07, 6.45) is 1.08. The number of nitrogens with one attached hydrogen (secondary N) is 2. The lowest BCUT2D eigenvalue weighted by molar-refractivity contribution is -0.139. The molecule has 0 saturated heterocycles. The average Bonchev–Trinajstić information content (AvgIpc) is 3.27. The number of fused-ring (bicyclic) bond motifs is 1. The number of aromatic nitrogens is 3. The molecule has 0 bridgehead atoms. The van der Waals surface area contributed by atoms with Gasteiger partial charge in [-0.2, -0.15) is 5.10 Å². The number of carbonyl (C=O) groups excluding carboxylic acids is 4. The monoisotopic (exact) mass is 557 g/mol. The third-order valence-electron chi connectivity index (χ3n) is 6.92. The van der Waals surface area contributed by atoms with E-state index in [1.54, 1.807) is 36.5 Å². The number of carbonyl (C=O) groups is 4. The number of rotatable bonds is 6. The number of anilines is 1. The standard InChI is InChI=1S/C28H40FN7O4/c1-18(2)16-23-27-30-20(4)33-36(27)15-14-35(13-7-10-25(38)34(5)19(3)28(40)32-23)26(39)12-11-24(37)31-22-9-6-8-21(29)17-22/h6,8-9,17-19,23H,7,10-16H2,1-5H3,(H,31,37)(H,32,40)/t19-,23+/m0/s1. The predicted molar refractivity (Wildman–Crippen MR) is 147 cm³/mol. The van der Waals surface area contributed by atoms with Gasteiger partial charge in [-0.25, -0.2) is 14.1 Å². The number of aryl methyl sites for hydroxylation is 1. The molecule has 218 valence electrons. The molecule has 2 aromatic rings. The van der Waals surface area contributed by atoms with E-state index in [4.69, 9.17) is 0 Å². The molecule has 0 aliphatic carbocycles. The Bertz CT molecular complexity index is 1220. The fourth-order valence-electron chi connectivity index (χ4n) is 4.62. The van der Waals surface area contributed by atoms with Crippen molar-refractivity contribution in [3.63, 3.8) is 0 Å². The van der Waals surface area contributed by atoms with Crippen LogP contribution in [0, 0.1) is 18.7 Å². The van der Waals surface area contributed by atoms with E-state index in [1.165, 1.54) is 23.1 Å². The third-order valence-corrected chi connectivity index (χ3v) is 6.92. The molecular formula is C28H40FN7O4. The van der Waals surface area contributed by atoms with Crippen molar-refractivity contribution in [1.29, 1.82) is 0 Å². The minimum absolute atomic E-state index is 0.0404. The van der Waals surface area contributed by atoms with Crippen LogP contribution >= 0.6 is 0 Å². The normalized spacial score (nSPS) is 19.2. The first-order valence-corrected chi connectivity index (χ1v) is 13.7. The summed E-state index contributed by atoms with van der Waals surface area (Å²) in [5, 5.41) is 10.2. The van der Waals surface area contributed by atoms with E-state index < -0.39 is 23.8 Å². The van der Waals surface area contributed by atoms with Gasteiger partial charge >= 0.3 is 0 Å². The first-order chi connectivity index (χ1) is 18.9. The van der Waals surface area contributed by atoms with Gasteiger partial charge in [0.15, 0.2) is 0 Å². The van der Waals surface area contributed by atoms with Gasteiger partial charge in [-0.1, -0.05) is 19.9 Å². The van der Waals surface area contributed by atoms with E-state index >= 15 is 0 Å². The molecule has 0 saturated carbocycles.